The normalized spacial score (nSPS) is 30.5. The summed E-state index contributed by atoms with van der Waals surface area (Å²) < 4.78 is 6.90. The molecule has 0 radical (unpaired) electrons. The molecule has 3 rings (SSSR count). The Labute approximate surface area is 128 Å². The molecule has 2 aliphatic rings. The fraction of sp³-hybridized carbons (Fsp3) is 0.600. The lowest BCUT2D eigenvalue weighted by Crippen LogP contribution is -2.45. The van der Waals surface area contributed by atoms with Gasteiger partial charge >= 0.3 is 0 Å². The monoisotopic (exact) mass is 343 g/mol. The van der Waals surface area contributed by atoms with Gasteiger partial charge in [-0.15, -0.1) is 11.6 Å². The van der Waals surface area contributed by atoms with Crippen molar-refractivity contribution < 1.29 is 4.74 Å². The molecule has 2 atom stereocenters. The summed E-state index contributed by atoms with van der Waals surface area (Å²) in [5.74, 6) is 0.947. The number of nitrogens with zero attached hydrogens (tertiary/aromatic N) is 1. The van der Waals surface area contributed by atoms with E-state index >= 15 is 0 Å². The highest BCUT2D eigenvalue weighted by Gasteiger charge is 2.39. The van der Waals surface area contributed by atoms with Crippen molar-refractivity contribution in [1.29, 1.82) is 0 Å². The summed E-state index contributed by atoms with van der Waals surface area (Å²) in [6.07, 6.45) is 4.92. The van der Waals surface area contributed by atoms with Gasteiger partial charge in [0.1, 0.15) is 12.4 Å². The summed E-state index contributed by atoms with van der Waals surface area (Å²) >= 11 is 9.72. The number of benzene rings is 1. The molecule has 0 aliphatic carbocycles. The maximum Gasteiger partial charge on any atom is 0.119 e. The fourth-order valence-corrected chi connectivity index (χ4v) is 4.05. The molecule has 2 fully saturated rings. The SMILES string of the molecule is ClC1CC2CCC(C1)N2CCOc1ccc(Br)cc1. The Balaban J connectivity index is 1.49. The van der Waals surface area contributed by atoms with E-state index in [1.54, 1.807) is 0 Å². The first-order chi connectivity index (χ1) is 9.22. The molecule has 2 nitrogen and oxygen atoms in total. The smallest absolute Gasteiger partial charge is 0.119 e. The Kier molecular flexibility index (Phi) is 4.35. The molecule has 0 saturated carbocycles. The third-order valence-corrected chi connectivity index (χ3v) is 5.14. The van der Waals surface area contributed by atoms with Crippen LogP contribution < -0.4 is 4.74 Å². The lowest BCUT2D eigenvalue weighted by Gasteiger charge is -2.36. The van der Waals surface area contributed by atoms with Gasteiger partial charge in [0.2, 0.25) is 0 Å². The van der Waals surface area contributed by atoms with E-state index in [1.165, 1.54) is 12.8 Å². The quantitative estimate of drug-likeness (QED) is 0.764. The summed E-state index contributed by atoms with van der Waals surface area (Å²) in [5.41, 5.74) is 0. The van der Waals surface area contributed by atoms with Crippen molar-refractivity contribution in [2.45, 2.75) is 43.1 Å². The predicted molar refractivity (Wildman–Crippen MR) is 82.0 cm³/mol. The molecule has 19 heavy (non-hydrogen) atoms. The Bertz CT molecular complexity index is 411. The molecular formula is C15H19BrClNO. The minimum absolute atomic E-state index is 0.390. The van der Waals surface area contributed by atoms with Gasteiger partial charge in [0.05, 0.1) is 0 Å². The number of rotatable bonds is 4. The molecule has 2 unspecified atom stereocenters. The van der Waals surface area contributed by atoms with Crippen LogP contribution >= 0.6 is 27.5 Å². The first-order valence-corrected chi connectivity index (χ1v) is 8.23. The van der Waals surface area contributed by atoms with Crippen molar-refractivity contribution in [2.24, 2.45) is 0 Å². The van der Waals surface area contributed by atoms with Crippen molar-refractivity contribution in [2.75, 3.05) is 13.2 Å². The number of piperidine rings is 1. The Morgan fingerprint density at radius 2 is 1.79 bits per heavy atom. The van der Waals surface area contributed by atoms with Crippen LogP contribution in [0.3, 0.4) is 0 Å². The van der Waals surface area contributed by atoms with E-state index in [0.717, 1.165) is 36.2 Å². The first-order valence-electron chi connectivity index (χ1n) is 7.00. The molecule has 1 aromatic carbocycles. The Morgan fingerprint density at radius 1 is 1.16 bits per heavy atom. The molecular weight excluding hydrogens is 326 g/mol. The van der Waals surface area contributed by atoms with Crippen molar-refractivity contribution in [3.8, 4) is 5.75 Å². The van der Waals surface area contributed by atoms with Gasteiger partial charge in [-0.3, -0.25) is 4.90 Å². The fourth-order valence-electron chi connectivity index (χ4n) is 3.37. The van der Waals surface area contributed by atoms with Crippen LogP contribution in [0.1, 0.15) is 25.7 Å². The zero-order valence-corrected chi connectivity index (χ0v) is 13.2. The molecule has 0 spiro atoms. The van der Waals surface area contributed by atoms with Crippen LogP contribution in [-0.2, 0) is 0 Å². The van der Waals surface area contributed by atoms with Gasteiger partial charge in [0, 0.05) is 28.5 Å². The summed E-state index contributed by atoms with van der Waals surface area (Å²) in [7, 11) is 0. The van der Waals surface area contributed by atoms with E-state index < -0.39 is 0 Å². The van der Waals surface area contributed by atoms with Gasteiger partial charge in [-0.05, 0) is 49.9 Å². The molecule has 2 saturated heterocycles. The molecule has 0 amide bonds. The van der Waals surface area contributed by atoms with Crippen LogP contribution in [0.5, 0.6) is 5.75 Å². The summed E-state index contributed by atoms with van der Waals surface area (Å²) in [6.45, 7) is 1.79. The zero-order chi connectivity index (χ0) is 13.2. The topological polar surface area (TPSA) is 12.5 Å². The van der Waals surface area contributed by atoms with Crippen LogP contribution in [0.15, 0.2) is 28.7 Å². The van der Waals surface area contributed by atoms with E-state index in [-0.39, 0.29) is 0 Å². The number of hydrogen-bond acceptors (Lipinski definition) is 2. The van der Waals surface area contributed by atoms with Gasteiger partial charge in [0.25, 0.3) is 0 Å². The molecule has 0 aromatic heterocycles. The average molecular weight is 345 g/mol. The van der Waals surface area contributed by atoms with Gasteiger partial charge in [0.15, 0.2) is 0 Å². The number of hydrogen-bond donors (Lipinski definition) is 0. The number of halogens is 2. The lowest BCUT2D eigenvalue weighted by atomic mass is 10.0. The number of ether oxygens (including phenoxy) is 1. The molecule has 104 valence electrons. The van der Waals surface area contributed by atoms with E-state index in [4.69, 9.17) is 16.3 Å². The second-order valence-electron chi connectivity index (χ2n) is 5.49. The van der Waals surface area contributed by atoms with Crippen molar-refractivity contribution in [1.82, 2.24) is 4.90 Å². The molecule has 1 aromatic rings. The van der Waals surface area contributed by atoms with Crippen LogP contribution in [0.2, 0.25) is 0 Å². The van der Waals surface area contributed by atoms with Crippen LogP contribution in [0.4, 0.5) is 0 Å². The lowest BCUT2D eigenvalue weighted by molar-refractivity contribution is 0.118. The van der Waals surface area contributed by atoms with Gasteiger partial charge in [-0.1, -0.05) is 15.9 Å². The largest absolute Gasteiger partial charge is 0.492 e. The second kappa shape index (κ2) is 6.02. The van der Waals surface area contributed by atoms with Crippen LogP contribution in [-0.4, -0.2) is 35.5 Å². The summed E-state index contributed by atoms with van der Waals surface area (Å²) in [6, 6.07) is 9.41. The van der Waals surface area contributed by atoms with Gasteiger partial charge in [-0.25, -0.2) is 0 Å². The van der Waals surface area contributed by atoms with E-state index in [0.29, 0.717) is 17.5 Å². The van der Waals surface area contributed by atoms with Gasteiger partial charge < -0.3 is 4.74 Å². The summed E-state index contributed by atoms with van der Waals surface area (Å²) in [5, 5.41) is 0.390. The van der Waals surface area contributed by atoms with Crippen LogP contribution in [0, 0.1) is 0 Å². The second-order valence-corrected chi connectivity index (χ2v) is 7.03. The highest BCUT2D eigenvalue weighted by Crippen LogP contribution is 2.37. The van der Waals surface area contributed by atoms with Crippen molar-refractivity contribution >= 4 is 27.5 Å². The van der Waals surface area contributed by atoms with Crippen molar-refractivity contribution in [3.63, 3.8) is 0 Å². The molecule has 0 N–H and O–H groups in total. The minimum Gasteiger partial charge on any atom is -0.492 e. The number of alkyl halides is 1. The van der Waals surface area contributed by atoms with Crippen LogP contribution in [0.25, 0.3) is 0 Å². The zero-order valence-electron chi connectivity index (χ0n) is 10.9. The van der Waals surface area contributed by atoms with E-state index in [9.17, 15) is 0 Å². The van der Waals surface area contributed by atoms with Gasteiger partial charge in [-0.2, -0.15) is 0 Å². The third-order valence-electron chi connectivity index (χ3n) is 4.26. The highest BCUT2D eigenvalue weighted by molar-refractivity contribution is 9.10. The van der Waals surface area contributed by atoms with E-state index in [2.05, 4.69) is 20.8 Å². The van der Waals surface area contributed by atoms with Crippen molar-refractivity contribution in [3.05, 3.63) is 28.7 Å². The molecule has 2 bridgehead atoms. The maximum absolute atomic E-state index is 6.29. The predicted octanol–water partition coefficient (Wildman–Crippen LogP) is 4.06. The number of fused-ring (bicyclic) bond motifs is 2. The summed E-state index contributed by atoms with van der Waals surface area (Å²) in [4.78, 5) is 2.61. The standard InChI is InChI=1S/C15H19BrClNO/c16-11-1-5-15(6-2-11)19-8-7-18-13-3-4-14(18)10-12(17)9-13/h1-2,5-6,12-14H,3-4,7-10H2. The Morgan fingerprint density at radius 3 is 2.42 bits per heavy atom. The maximum atomic E-state index is 6.29. The highest BCUT2D eigenvalue weighted by atomic mass is 79.9. The molecule has 2 aliphatic heterocycles. The first kappa shape index (κ1) is 13.7. The molecule has 2 heterocycles. The Hall–Kier alpha value is -0.250. The van der Waals surface area contributed by atoms with E-state index in [1.807, 2.05) is 24.3 Å². The molecule has 4 heteroatoms. The minimum atomic E-state index is 0.390. The average Bonchev–Trinajstić information content (AvgIpc) is 2.64. The third kappa shape index (κ3) is 3.26.